The molecule has 0 saturated carbocycles. The first-order valence-electron chi connectivity index (χ1n) is 4.54. The number of amides is 1. The van der Waals surface area contributed by atoms with Crippen molar-refractivity contribution in [3.05, 3.63) is 24.1 Å². The van der Waals surface area contributed by atoms with Gasteiger partial charge in [-0.15, -0.1) is 0 Å². The Morgan fingerprint density at radius 3 is 3.13 bits per heavy atom. The van der Waals surface area contributed by atoms with E-state index < -0.39 is 5.91 Å². The van der Waals surface area contributed by atoms with E-state index >= 15 is 0 Å². The van der Waals surface area contributed by atoms with Crippen LogP contribution in [0, 0.1) is 6.92 Å². The molecule has 0 aliphatic rings. The van der Waals surface area contributed by atoms with E-state index in [0.29, 0.717) is 5.89 Å². The zero-order chi connectivity index (χ0) is 10.8. The van der Waals surface area contributed by atoms with E-state index in [1.807, 2.05) is 12.1 Å². The summed E-state index contributed by atoms with van der Waals surface area (Å²) < 4.78 is 5.32. The topological polar surface area (TPSA) is 81.1 Å². The largest absolute Gasteiger partial charge is 0.441 e. The van der Waals surface area contributed by atoms with Crippen LogP contribution in [0.15, 0.2) is 22.6 Å². The zero-order valence-electron chi connectivity index (χ0n) is 8.28. The number of nitrogens with two attached hydrogens (primary N) is 1. The Kier molecular flexibility index (Phi) is 2.29. The van der Waals surface area contributed by atoms with Crippen molar-refractivity contribution in [2.24, 2.45) is 5.73 Å². The molecule has 3 N–H and O–H groups in total. The minimum atomic E-state index is -0.397. The van der Waals surface area contributed by atoms with E-state index in [1.165, 1.54) is 0 Å². The van der Waals surface area contributed by atoms with Gasteiger partial charge in [-0.25, -0.2) is 4.98 Å². The van der Waals surface area contributed by atoms with Gasteiger partial charge in [0.2, 0.25) is 5.91 Å². The van der Waals surface area contributed by atoms with Crippen LogP contribution in [0.4, 0.5) is 5.69 Å². The second-order valence-electron chi connectivity index (χ2n) is 3.24. The third kappa shape index (κ3) is 2.07. The molecule has 0 atom stereocenters. The monoisotopic (exact) mass is 205 g/mol. The van der Waals surface area contributed by atoms with Crippen molar-refractivity contribution in [2.75, 3.05) is 11.9 Å². The summed E-state index contributed by atoms with van der Waals surface area (Å²) in [5.41, 5.74) is 7.32. The van der Waals surface area contributed by atoms with Crippen LogP contribution in [0.1, 0.15) is 5.89 Å². The summed E-state index contributed by atoms with van der Waals surface area (Å²) in [6.45, 7) is 1.90. The highest BCUT2D eigenvalue weighted by atomic mass is 16.3. The highest BCUT2D eigenvalue weighted by Gasteiger charge is 2.03. The molecule has 1 amide bonds. The van der Waals surface area contributed by atoms with Crippen LogP contribution in [0.5, 0.6) is 0 Å². The van der Waals surface area contributed by atoms with Crippen LogP contribution >= 0.6 is 0 Å². The van der Waals surface area contributed by atoms with Crippen molar-refractivity contribution >= 4 is 22.7 Å². The molecule has 0 saturated heterocycles. The van der Waals surface area contributed by atoms with Gasteiger partial charge in [0.1, 0.15) is 5.52 Å². The number of nitrogens with zero attached hydrogens (tertiary/aromatic N) is 1. The maximum absolute atomic E-state index is 10.6. The highest BCUT2D eigenvalue weighted by Crippen LogP contribution is 2.19. The SMILES string of the molecule is Cc1nc2cc(NCC(N)=O)ccc2o1. The maximum Gasteiger partial charge on any atom is 0.236 e. The lowest BCUT2D eigenvalue weighted by Gasteiger charge is -2.02. The van der Waals surface area contributed by atoms with E-state index in [4.69, 9.17) is 10.2 Å². The highest BCUT2D eigenvalue weighted by molar-refractivity contribution is 5.81. The molecule has 1 aromatic carbocycles. The summed E-state index contributed by atoms with van der Waals surface area (Å²) in [5.74, 6) is 0.225. The smallest absolute Gasteiger partial charge is 0.236 e. The average Bonchev–Trinajstić information content (AvgIpc) is 2.53. The third-order valence-electron chi connectivity index (χ3n) is 1.96. The van der Waals surface area contributed by atoms with Crippen molar-refractivity contribution < 1.29 is 9.21 Å². The number of carbonyl (C=O) groups excluding carboxylic acids is 1. The summed E-state index contributed by atoms with van der Waals surface area (Å²) in [6, 6.07) is 5.43. The molecule has 0 radical (unpaired) electrons. The molecule has 2 aromatic rings. The number of primary amides is 1. The second-order valence-corrected chi connectivity index (χ2v) is 3.24. The van der Waals surface area contributed by atoms with Crippen molar-refractivity contribution in [1.82, 2.24) is 4.98 Å². The van der Waals surface area contributed by atoms with Crippen LogP contribution in [-0.2, 0) is 4.79 Å². The Balaban J connectivity index is 2.26. The number of nitrogens with one attached hydrogen (secondary N) is 1. The number of hydrogen-bond acceptors (Lipinski definition) is 4. The Hall–Kier alpha value is -2.04. The molecule has 0 fully saturated rings. The van der Waals surface area contributed by atoms with Gasteiger partial charge < -0.3 is 15.5 Å². The van der Waals surface area contributed by atoms with Gasteiger partial charge in [0.15, 0.2) is 11.5 Å². The molecule has 0 bridgehead atoms. The number of anilines is 1. The minimum Gasteiger partial charge on any atom is -0.441 e. The molecule has 2 rings (SSSR count). The van der Waals surface area contributed by atoms with Crippen LogP contribution in [0.2, 0.25) is 0 Å². The van der Waals surface area contributed by atoms with Gasteiger partial charge in [-0.2, -0.15) is 0 Å². The molecule has 0 aliphatic heterocycles. The van der Waals surface area contributed by atoms with Gasteiger partial charge >= 0.3 is 0 Å². The number of hydrogen-bond donors (Lipinski definition) is 2. The molecular formula is C10H11N3O2. The molecule has 1 heterocycles. The normalized spacial score (nSPS) is 10.5. The summed E-state index contributed by atoms with van der Waals surface area (Å²) in [4.78, 5) is 14.7. The lowest BCUT2D eigenvalue weighted by Crippen LogP contribution is -2.21. The maximum atomic E-state index is 10.6. The van der Waals surface area contributed by atoms with Crippen LogP contribution in [-0.4, -0.2) is 17.4 Å². The zero-order valence-corrected chi connectivity index (χ0v) is 8.28. The first kappa shape index (κ1) is 9.51. The van der Waals surface area contributed by atoms with Crippen molar-refractivity contribution in [1.29, 1.82) is 0 Å². The predicted octanol–water partition coefficient (Wildman–Crippen LogP) is 1.03. The molecule has 5 heteroatoms. The van der Waals surface area contributed by atoms with Gasteiger partial charge in [-0.3, -0.25) is 4.79 Å². The number of oxazole rings is 1. The molecule has 1 aromatic heterocycles. The van der Waals surface area contributed by atoms with Crippen molar-refractivity contribution in [2.45, 2.75) is 6.92 Å². The van der Waals surface area contributed by atoms with Gasteiger partial charge in [0, 0.05) is 12.6 Å². The van der Waals surface area contributed by atoms with Crippen LogP contribution < -0.4 is 11.1 Å². The predicted molar refractivity (Wildman–Crippen MR) is 56.4 cm³/mol. The molecule has 0 spiro atoms. The lowest BCUT2D eigenvalue weighted by atomic mass is 10.3. The molecule has 0 unspecified atom stereocenters. The van der Waals surface area contributed by atoms with E-state index in [2.05, 4.69) is 10.3 Å². The molecule has 78 valence electrons. The summed E-state index contributed by atoms with van der Waals surface area (Å²) in [5, 5.41) is 2.89. The average molecular weight is 205 g/mol. The fraction of sp³-hybridized carbons (Fsp3) is 0.200. The van der Waals surface area contributed by atoms with Gasteiger partial charge in [0.25, 0.3) is 0 Å². The number of benzene rings is 1. The standard InChI is InChI=1S/C10H11N3O2/c1-6-13-8-4-7(12-5-10(11)14)2-3-9(8)15-6/h2-4,12H,5H2,1H3,(H2,11,14). The molecular weight excluding hydrogens is 194 g/mol. The second kappa shape index (κ2) is 3.61. The fourth-order valence-corrected chi connectivity index (χ4v) is 1.34. The number of aromatic nitrogens is 1. The molecule has 15 heavy (non-hydrogen) atoms. The van der Waals surface area contributed by atoms with Gasteiger partial charge in [-0.1, -0.05) is 0 Å². The molecule has 5 nitrogen and oxygen atoms in total. The molecule has 0 aliphatic carbocycles. The quantitative estimate of drug-likeness (QED) is 0.784. The number of fused-ring (bicyclic) bond motifs is 1. The summed E-state index contributed by atoms with van der Waals surface area (Å²) in [7, 11) is 0. The lowest BCUT2D eigenvalue weighted by molar-refractivity contribution is -0.116. The van der Waals surface area contributed by atoms with E-state index in [-0.39, 0.29) is 6.54 Å². The van der Waals surface area contributed by atoms with Gasteiger partial charge in [-0.05, 0) is 18.2 Å². The third-order valence-corrected chi connectivity index (χ3v) is 1.96. The Bertz CT molecular complexity index is 504. The summed E-state index contributed by atoms with van der Waals surface area (Å²) >= 11 is 0. The first-order chi connectivity index (χ1) is 7.15. The fourth-order valence-electron chi connectivity index (χ4n) is 1.34. The van der Waals surface area contributed by atoms with Crippen molar-refractivity contribution in [3.8, 4) is 0 Å². The van der Waals surface area contributed by atoms with Crippen LogP contribution in [0.3, 0.4) is 0 Å². The minimum absolute atomic E-state index is 0.113. The van der Waals surface area contributed by atoms with E-state index in [9.17, 15) is 4.79 Å². The Morgan fingerprint density at radius 1 is 1.60 bits per heavy atom. The Labute approximate surface area is 86.3 Å². The van der Waals surface area contributed by atoms with Crippen molar-refractivity contribution in [3.63, 3.8) is 0 Å². The van der Waals surface area contributed by atoms with E-state index in [0.717, 1.165) is 16.8 Å². The number of carbonyl (C=O) groups is 1. The Morgan fingerprint density at radius 2 is 2.40 bits per heavy atom. The van der Waals surface area contributed by atoms with E-state index in [1.54, 1.807) is 13.0 Å². The summed E-state index contributed by atoms with van der Waals surface area (Å²) in [6.07, 6.45) is 0. The van der Waals surface area contributed by atoms with Crippen LogP contribution in [0.25, 0.3) is 11.1 Å². The first-order valence-corrected chi connectivity index (χ1v) is 4.54. The number of rotatable bonds is 3. The van der Waals surface area contributed by atoms with Gasteiger partial charge in [0.05, 0.1) is 6.54 Å². The number of aryl methyl sites for hydroxylation is 1.